The molecule has 1 fully saturated rings. The molecule has 1 aliphatic carbocycles. The highest BCUT2D eigenvalue weighted by molar-refractivity contribution is 5.57. The van der Waals surface area contributed by atoms with E-state index in [2.05, 4.69) is 24.3 Å². The van der Waals surface area contributed by atoms with Crippen molar-refractivity contribution in [2.45, 2.75) is 38.5 Å². The van der Waals surface area contributed by atoms with Gasteiger partial charge < -0.3 is 10.5 Å². The molecule has 0 aromatic heterocycles. The summed E-state index contributed by atoms with van der Waals surface area (Å²) in [6.07, 6.45) is 10.1. The van der Waals surface area contributed by atoms with Crippen LogP contribution >= 0.6 is 0 Å². The van der Waals surface area contributed by atoms with Crippen LogP contribution in [0.25, 0.3) is 6.08 Å². The fourth-order valence-corrected chi connectivity index (χ4v) is 3.33. The smallest absolute Gasteiger partial charge is 0.122 e. The molecule has 1 heterocycles. The lowest BCUT2D eigenvalue weighted by Crippen LogP contribution is -2.16. The molecule has 0 saturated heterocycles. The average molecular weight is 257 g/mol. The van der Waals surface area contributed by atoms with Gasteiger partial charge in [0.1, 0.15) is 5.75 Å². The van der Waals surface area contributed by atoms with Gasteiger partial charge in [-0.2, -0.15) is 0 Å². The first-order chi connectivity index (χ1) is 9.36. The van der Waals surface area contributed by atoms with E-state index in [9.17, 15) is 0 Å². The van der Waals surface area contributed by atoms with Gasteiger partial charge in [0, 0.05) is 13.0 Å². The minimum atomic E-state index is 0.693. The molecule has 0 bridgehead atoms. The maximum Gasteiger partial charge on any atom is 0.122 e. The van der Waals surface area contributed by atoms with Gasteiger partial charge in [-0.25, -0.2) is 0 Å². The van der Waals surface area contributed by atoms with Crippen LogP contribution < -0.4 is 10.5 Å². The molecule has 3 rings (SSSR count). The fraction of sp³-hybridized carbons (Fsp3) is 0.529. The second kappa shape index (κ2) is 5.79. The van der Waals surface area contributed by atoms with E-state index in [-0.39, 0.29) is 0 Å². The van der Waals surface area contributed by atoms with Crippen LogP contribution in [0.5, 0.6) is 5.75 Å². The van der Waals surface area contributed by atoms with Gasteiger partial charge in [-0.3, -0.25) is 0 Å². The van der Waals surface area contributed by atoms with Crippen molar-refractivity contribution in [3.05, 3.63) is 34.9 Å². The highest BCUT2D eigenvalue weighted by Crippen LogP contribution is 2.31. The van der Waals surface area contributed by atoms with Crippen molar-refractivity contribution in [3.8, 4) is 5.75 Å². The molecule has 0 atom stereocenters. The molecule has 1 aromatic carbocycles. The van der Waals surface area contributed by atoms with Crippen LogP contribution in [0.1, 0.15) is 43.2 Å². The van der Waals surface area contributed by atoms with Gasteiger partial charge in [-0.15, -0.1) is 0 Å². The van der Waals surface area contributed by atoms with Gasteiger partial charge in [0.25, 0.3) is 0 Å². The second-order valence-corrected chi connectivity index (χ2v) is 5.72. The summed E-state index contributed by atoms with van der Waals surface area (Å²) in [5.74, 6) is 1.77. The molecule has 0 unspecified atom stereocenters. The topological polar surface area (TPSA) is 35.2 Å². The Hall–Kier alpha value is -1.28. The van der Waals surface area contributed by atoms with Crippen LogP contribution in [0.3, 0.4) is 0 Å². The second-order valence-electron chi connectivity index (χ2n) is 5.72. The van der Waals surface area contributed by atoms with E-state index < -0.39 is 0 Å². The SMILES string of the molecule is NCC(=Cc1ccc2c(c1)CCO2)C1CCCCC1. The monoisotopic (exact) mass is 257 g/mol. The van der Waals surface area contributed by atoms with E-state index in [1.165, 1.54) is 48.8 Å². The summed E-state index contributed by atoms with van der Waals surface area (Å²) in [6, 6.07) is 6.52. The molecule has 0 amide bonds. The number of nitrogens with two attached hydrogens (primary N) is 1. The maximum absolute atomic E-state index is 5.97. The van der Waals surface area contributed by atoms with Gasteiger partial charge >= 0.3 is 0 Å². The highest BCUT2D eigenvalue weighted by atomic mass is 16.5. The Labute approximate surface area is 115 Å². The molecule has 0 spiro atoms. The normalized spacial score (nSPS) is 20.2. The van der Waals surface area contributed by atoms with Crippen LogP contribution in [0.2, 0.25) is 0 Å². The van der Waals surface area contributed by atoms with Crippen molar-refractivity contribution >= 4 is 6.08 Å². The molecule has 19 heavy (non-hydrogen) atoms. The molecule has 2 nitrogen and oxygen atoms in total. The van der Waals surface area contributed by atoms with Gasteiger partial charge in [0.05, 0.1) is 6.61 Å². The van der Waals surface area contributed by atoms with Gasteiger partial charge in [0.15, 0.2) is 0 Å². The van der Waals surface area contributed by atoms with E-state index in [0.29, 0.717) is 12.5 Å². The lowest BCUT2D eigenvalue weighted by atomic mass is 9.83. The van der Waals surface area contributed by atoms with Gasteiger partial charge in [-0.1, -0.05) is 37.0 Å². The zero-order valence-corrected chi connectivity index (χ0v) is 11.5. The van der Waals surface area contributed by atoms with Crippen molar-refractivity contribution in [2.24, 2.45) is 11.7 Å². The molecule has 2 aliphatic rings. The minimum absolute atomic E-state index is 0.693. The molecule has 102 valence electrons. The van der Waals surface area contributed by atoms with E-state index in [1.54, 1.807) is 0 Å². The molecule has 0 radical (unpaired) electrons. The molecular formula is C17H23NO. The molecule has 2 N–H and O–H groups in total. The van der Waals surface area contributed by atoms with Crippen LogP contribution in [-0.2, 0) is 6.42 Å². The predicted molar refractivity (Wildman–Crippen MR) is 79.2 cm³/mol. The van der Waals surface area contributed by atoms with Crippen molar-refractivity contribution in [1.82, 2.24) is 0 Å². The number of ether oxygens (including phenoxy) is 1. The quantitative estimate of drug-likeness (QED) is 0.899. The third-order valence-electron chi connectivity index (χ3n) is 4.43. The summed E-state index contributed by atoms with van der Waals surface area (Å²) in [5, 5.41) is 0. The zero-order chi connectivity index (χ0) is 13.1. The molecule has 2 heteroatoms. The number of hydrogen-bond acceptors (Lipinski definition) is 2. The van der Waals surface area contributed by atoms with Crippen molar-refractivity contribution in [2.75, 3.05) is 13.2 Å². The number of rotatable bonds is 3. The van der Waals surface area contributed by atoms with Crippen molar-refractivity contribution < 1.29 is 4.74 Å². The number of fused-ring (bicyclic) bond motifs is 1. The van der Waals surface area contributed by atoms with Gasteiger partial charge in [0.2, 0.25) is 0 Å². The summed E-state index contributed by atoms with van der Waals surface area (Å²) in [5.41, 5.74) is 10.0. The Kier molecular flexibility index (Phi) is 3.88. The molecule has 1 aliphatic heterocycles. The summed E-state index contributed by atoms with van der Waals surface area (Å²) >= 11 is 0. The first-order valence-corrected chi connectivity index (χ1v) is 7.53. The lowest BCUT2D eigenvalue weighted by Gasteiger charge is -2.24. The van der Waals surface area contributed by atoms with Crippen molar-refractivity contribution in [1.29, 1.82) is 0 Å². The number of benzene rings is 1. The van der Waals surface area contributed by atoms with Crippen LogP contribution in [-0.4, -0.2) is 13.2 Å². The van der Waals surface area contributed by atoms with Gasteiger partial charge in [-0.05, 0) is 42.0 Å². The van der Waals surface area contributed by atoms with Crippen LogP contribution in [0, 0.1) is 5.92 Å². The first kappa shape index (κ1) is 12.7. The molecular weight excluding hydrogens is 234 g/mol. The Bertz CT molecular complexity index is 472. The summed E-state index contributed by atoms with van der Waals surface area (Å²) in [6.45, 7) is 1.52. The fourth-order valence-electron chi connectivity index (χ4n) is 3.33. The van der Waals surface area contributed by atoms with E-state index in [1.807, 2.05) is 0 Å². The Morgan fingerprint density at radius 1 is 1.26 bits per heavy atom. The third-order valence-corrected chi connectivity index (χ3v) is 4.43. The molecule has 1 saturated carbocycles. The Morgan fingerprint density at radius 2 is 2.11 bits per heavy atom. The Balaban J connectivity index is 1.81. The van der Waals surface area contributed by atoms with E-state index in [0.717, 1.165) is 18.8 Å². The number of hydrogen-bond donors (Lipinski definition) is 1. The van der Waals surface area contributed by atoms with Crippen molar-refractivity contribution in [3.63, 3.8) is 0 Å². The largest absolute Gasteiger partial charge is 0.493 e. The first-order valence-electron chi connectivity index (χ1n) is 7.53. The maximum atomic E-state index is 5.97. The highest BCUT2D eigenvalue weighted by Gasteiger charge is 2.17. The van der Waals surface area contributed by atoms with E-state index >= 15 is 0 Å². The summed E-state index contributed by atoms with van der Waals surface area (Å²) < 4.78 is 5.56. The predicted octanol–water partition coefficient (Wildman–Crippen LogP) is 3.54. The average Bonchev–Trinajstić information content (AvgIpc) is 2.93. The summed E-state index contributed by atoms with van der Waals surface area (Å²) in [4.78, 5) is 0. The Morgan fingerprint density at radius 3 is 2.89 bits per heavy atom. The minimum Gasteiger partial charge on any atom is -0.493 e. The standard InChI is InChI=1S/C17H23NO/c18-12-16(14-4-2-1-3-5-14)11-13-6-7-17-15(10-13)8-9-19-17/h6-7,10-11,14H,1-5,8-9,12,18H2. The lowest BCUT2D eigenvalue weighted by molar-refractivity contribution is 0.357. The molecule has 1 aromatic rings. The van der Waals surface area contributed by atoms with Crippen LogP contribution in [0.4, 0.5) is 0 Å². The summed E-state index contributed by atoms with van der Waals surface area (Å²) in [7, 11) is 0. The van der Waals surface area contributed by atoms with Crippen LogP contribution in [0.15, 0.2) is 23.8 Å². The van der Waals surface area contributed by atoms with E-state index in [4.69, 9.17) is 10.5 Å². The third kappa shape index (κ3) is 2.84. The zero-order valence-electron chi connectivity index (χ0n) is 11.5.